The van der Waals surface area contributed by atoms with E-state index in [1.54, 1.807) is 0 Å². The number of hydrogen-bond acceptors (Lipinski definition) is 1. The zero-order chi connectivity index (χ0) is 8.55. The van der Waals surface area contributed by atoms with Crippen LogP contribution in [0.15, 0.2) is 27.7 Å². The Kier molecular flexibility index (Phi) is 2.01. The molecule has 1 unspecified atom stereocenters. The maximum absolute atomic E-state index is 4.29. The Morgan fingerprint density at radius 3 is 3.17 bits per heavy atom. The van der Waals surface area contributed by atoms with Crippen molar-refractivity contribution in [2.45, 2.75) is 12.8 Å². The predicted molar refractivity (Wildman–Crippen MR) is 55.0 cm³/mol. The van der Waals surface area contributed by atoms with Crippen molar-refractivity contribution in [1.29, 1.82) is 0 Å². The molecule has 0 N–H and O–H groups in total. The summed E-state index contributed by atoms with van der Waals surface area (Å²) < 4.78 is 1.16. The molecule has 1 atom stereocenters. The van der Waals surface area contributed by atoms with E-state index in [1.807, 2.05) is 6.21 Å². The third kappa shape index (κ3) is 1.31. The highest BCUT2D eigenvalue weighted by atomic mass is 79.9. The highest BCUT2D eigenvalue weighted by Crippen LogP contribution is 2.25. The van der Waals surface area contributed by atoms with Crippen LogP contribution in [0, 0.1) is 0 Å². The molecule has 0 aromatic heterocycles. The number of halogens is 1. The van der Waals surface area contributed by atoms with Gasteiger partial charge in [0.2, 0.25) is 0 Å². The van der Waals surface area contributed by atoms with E-state index in [4.69, 9.17) is 0 Å². The minimum Gasteiger partial charge on any atom is -0.292 e. The van der Waals surface area contributed by atoms with Crippen molar-refractivity contribution >= 4 is 22.1 Å². The second-order valence-corrected chi connectivity index (χ2v) is 4.08. The van der Waals surface area contributed by atoms with Crippen LogP contribution in [0.4, 0.5) is 0 Å². The summed E-state index contributed by atoms with van der Waals surface area (Å²) in [5, 5.41) is 0. The molecule has 1 nitrogen and oxygen atoms in total. The third-order valence-electron chi connectivity index (χ3n) is 2.19. The van der Waals surface area contributed by atoms with Crippen molar-refractivity contribution in [3.8, 4) is 0 Å². The van der Waals surface area contributed by atoms with Crippen LogP contribution in [-0.4, -0.2) is 12.8 Å². The minimum atomic E-state index is 0.558. The number of aliphatic imine (C=N–C) groups is 1. The minimum absolute atomic E-state index is 0.558. The van der Waals surface area contributed by atoms with Gasteiger partial charge in [-0.15, -0.1) is 0 Å². The molecule has 0 saturated heterocycles. The Morgan fingerprint density at radius 2 is 2.33 bits per heavy atom. The topological polar surface area (TPSA) is 12.4 Å². The molecule has 0 aliphatic carbocycles. The fourth-order valence-electron chi connectivity index (χ4n) is 1.50. The lowest BCUT2D eigenvalue weighted by Gasteiger charge is -2.16. The Morgan fingerprint density at radius 1 is 1.50 bits per heavy atom. The predicted octanol–water partition coefficient (Wildman–Crippen LogP) is 2.99. The summed E-state index contributed by atoms with van der Waals surface area (Å²) >= 11 is 3.47. The average Bonchev–Trinajstić information content (AvgIpc) is 2.07. The highest BCUT2D eigenvalue weighted by Gasteiger charge is 2.12. The zero-order valence-electron chi connectivity index (χ0n) is 6.92. The summed E-state index contributed by atoms with van der Waals surface area (Å²) in [7, 11) is 0. The van der Waals surface area contributed by atoms with Crippen molar-refractivity contribution in [3.63, 3.8) is 0 Å². The van der Waals surface area contributed by atoms with E-state index < -0.39 is 0 Å². The van der Waals surface area contributed by atoms with Crippen LogP contribution < -0.4 is 0 Å². The van der Waals surface area contributed by atoms with Gasteiger partial charge in [-0.05, 0) is 23.3 Å². The number of rotatable bonds is 0. The molecule has 1 aromatic carbocycles. The number of nitrogens with zero attached hydrogens (tertiary/aromatic N) is 1. The second kappa shape index (κ2) is 3.02. The first-order valence-corrected chi connectivity index (χ1v) is 4.86. The van der Waals surface area contributed by atoms with E-state index in [2.05, 4.69) is 46.0 Å². The highest BCUT2D eigenvalue weighted by molar-refractivity contribution is 9.10. The van der Waals surface area contributed by atoms with Gasteiger partial charge in [0.1, 0.15) is 0 Å². The summed E-state index contributed by atoms with van der Waals surface area (Å²) in [5.74, 6) is 0.558. The van der Waals surface area contributed by atoms with Crippen molar-refractivity contribution in [2.75, 3.05) is 6.54 Å². The fraction of sp³-hybridized carbons (Fsp3) is 0.300. The molecule has 0 amide bonds. The lowest BCUT2D eigenvalue weighted by Crippen LogP contribution is -2.07. The second-order valence-electron chi connectivity index (χ2n) is 3.17. The van der Waals surface area contributed by atoms with Crippen LogP contribution in [0.25, 0.3) is 0 Å². The molecule has 0 spiro atoms. The van der Waals surface area contributed by atoms with E-state index in [9.17, 15) is 0 Å². The van der Waals surface area contributed by atoms with Crippen molar-refractivity contribution in [1.82, 2.24) is 0 Å². The van der Waals surface area contributed by atoms with Gasteiger partial charge in [-0.25, -0.2) is 0 Å². The first kappa shape index (κ1) is 7.99. The van der Waals surface area contributed by atoms with E-state index in [0.29, 0.717) is 5.92 Å². The van der Waals surface area contributed by atoms with Crippen LogP contribution in [-0.2, 0) is 0 Å². The number of fused-ring (bicyclic) bond motifs is 1. The largest absolute Gasteiger partial charge is 0.292 e. The number of benzene rings is 1. The van der Waals surface area contributed by atoms with Gasteiger partial charge in [-0.1, -0.05) is 28.9 Å². The molecule has 2 rings (SSSR count). The Hall–Kier alpha value is -0.630. The van der Waals surface area contributed by atoms with Crippen LogP contribution >= 0.6 is 15.9 Å². The van der Waals surface area contributed by atoms with Crippen LogP contribution in [0.3, 0.4) is 0 Å². The molecule has 1 aliphatic rings. The first-order chi connectivity index (χ1) is 5.77. The molecule has 0 bridgehead atoms. The van der Waals surface area contributed by atoms with Gasteiger partial charge in [-0.3, -0.25) is 4.99 Å². The molecule has 12 heavy (non-hydrogen) atoms. The van der Waals surface area contributed by atoms with Gasteiger partial charge in [0.05, 0.1) is 0 Å². The van der Waals surface area contributed by atoms with Gasteiger partial charge < -0.3 is 0 Å². The fourth-order valence-corrected chi connectivity index (χ4v) is 1.88. The summed E-state index contributed by atoms with van der Waals surface area (Å²) in [6.07, 6.45) is 1.96. The monoisotopic (exact) mass is 223 g/mol. The molecular formula is C10H10BrN. The normalized spacial score (nSPS) is 20.7. The first-order valence-electron chi connectivity index (χ1n) is 4.06. The van der Waals surface area contributed by atoms with Crippen LogP contribution in [0.1, 0.15) is 24.0 Å². The molecule has 62 valence electrons. The van der Waals surface area contributed by atoms with Gasteiger partial charge in [0.15, 0.2) is 0 Å². The Labute approximate surface area is 80.6 Å². The smallest absolute Gasteiger partial charge is 0.0455 e. The molecule has 0 saturated carbocycles. The molecule has 1 aromatic rings. The number of hydrogen-bond donors (Lipinski definition) is 0. The summed E-state index contributed by atoms with van der Waals surface area (Å²) in [6.45, 7) is 3.13. The molecule has 2 heteroatoms. The van der Waals surface area contributed by atoms with E-state index in [-0.39, 0.29) is 0 Å². The molecule has 1 aliphatic heterocycles. The van der Waals surface area contributed by atoms with Gasteiger partial charge in [-0.2, -0.15) is 0 Å². The Bertz CT molecular complexity index is 331. The zero-order valence-corrected chi connectivity index (χ0v) is 8.51. The third-order valence-corrected chi connectivity index (χ3v) is 2.68. The molecular weight excluding hydrogens is 214 g/mol. The lowest BCUT2D eigenvalue weighted by molar-refractivity contribution is 0.764. The van der Waals surface area contributed by atoms with E-state index in [0.717, 1.165) is 11.0 Å². The maximum atomic E-state index is 4.29. The summed E-state index contributed by atoms with van der Waals surface area (Å²) in [6, 6.07) is 6.35. The maximum Gasteiger partial charge on any atom is 0.0455 e. The molecule has 1 heterocycles. The quantitative estimate of drug-likeness (QED) is 0.642. The van der Waals surface area contributed by atoms with E-state index >= 15 is 0 Å². The van der Waals surface area contributed by atoms with Gasteiger partial charge in [0.25, 0.3) is 0 Å². The Balaban J connectivity index is 2.56. The van der Waals surface area contributed by atoms with Crippen molar-refractivity contribution in [2.24, 2.45) is 4.99 Å². The summed E-state index contributed by atoms with van der Waals surface area (Å²) in [4.78, 5) is 4.29. The lowest BCUT2D eigenvalue weighted by atomic mass is 9.94. The standard InChI is InChI=1S/C10H10BrN/c1-7-5-12-6-8-2-3-9(11)4-10(7)8/h2-4,6-7H,5H2,1H3. The summed E-state index contributed by atoms with van der Waals surface area (Å²) in [5.41, 5.74) is 2.66. The van der Waals surface area contributed by atoms with Gasteiger partial charge >= 0.3 is 0 Å². The average molecular weight is 224 g/mol. The van der Waals surface area contributed by atoms with E-state index in [1.165, 1.54) is 11.1 Å². The van der Waals surface area contributed by atoms with Gasteiger partial charge in [0, 0.05) is 23.1 Å². The van der Waals surface area contributed by atoms with Crippen molar-refractivity contribution in [3.05, 3.63) is 33.8 Å². The molecule has 0 fully saturated rings. The molecule has 0 radical (unpaired) electrons. The van der Waals surface area contributed by atoms with Crippen LogP contribution in [0.5, 0.6) is 0 Å². The van der Waals surface area contributed by atoms with Crippen molar-refractivity contribution < 1.29 is 0 Å². The van der Waals surface area contributed by atoms with Crippen LogP contribution in [0.2, 0.25) is 0 Å². The SMILES string of the molecule is CC1CN=Cc2ccc(Br)cc21.